The molecule has 2 aromatic carbocycles. The van der Waals surface area contributed by atoms with Crippen LogP contribution in [0.1, 0.15) is 82.6 Å². The third kappa shape index (κ3) is 6.25. The molecular formula is C30H42N2O3. The van der Waals surface area contributed by atoms with E-state index in [9.17, 15) is 9.59 Å². The van der Waals surface area contributed by atoms with E-state index in [2.05, 4.69) is 43.3 Å². The molecule has 0 spiro atoms. The van der Waals surface area contributed by atoms with Gasteiger partial charge in [0.25, 0.3) is 0 Å². The van der Waals surface area contributed by atoms with Crippen molar-refractivity contribution in [2.24, 2.45) is 0 Å². The van der Waals surface area contributed by atoms with Gasteiger partial charge in [-0.25, -0.2) is 4.79 Å². The van der Waals surface area contributed by atoms with E-state index >= 15 is 0 Å². The van der Waals surface area contributed by atoms with Gasteiger partial charge in [0, 0.05) is 19.6 Å². The van der Waals surface area contributed by atoms with E-state index in [0.29, 0.717) is 19.6 Å². The molecule has 2 amide bonds. The average molecular weight is 479 g/mol. The van der Waals surface area contributed by atoms with Crippen molar-refractivity contribution in [1.82, 2.24) is 9.80 Å². The van der Waals surface area contributed by atoms with E-state index in [1.807, 2.05) is 56.6 Å². The lowest BCUT2D eigenvalue weighted by Gasteiger charge is -2.42. The molecule has 5 heteroatoms. The number of nitrogens with zero attached hydrogens (tertiary/aromatic N) is 2. The first-order valence-corrected chi connectivity index (χ1v) is 13.2. The minimum atomic E-state index is -0.533. The maximum absolute atomic E-state index is 14.1. The van der Waals surface area contributed by atoms with Crippen LogP contribution in [-0.4, -0.2) is 53.1 Å². The number of ether oxygens (including phenoxy) is 1. The zero-order chi connectivity index (χ0) is 25.6. The minimum Gasteiger partial charge on any atom is -0.444 e. The molecule has 5 nitrogen and oxygen atoms in total. The van der Waals surface area contributed by atoms with Gasteiger partial charge in [-0.2, -0.15) is 0 Å². The smallest absolute Gasteiger partial charge is 0.410 e. The number of fused-ring (bicyclic) bond motifs is 2. The van der Waals surface area contributed by atoms with Crippen LogP contribution in [-0.2, 0) is 22.4 Å². The van der Waals surface area contributed by atoms with Gasteiger partial charge in [0.05, 0.1) is 12.0 Å². The van der Waals surface area contributed by atoms with Crippen molar-refractivity contribution in [2.45, 2.75) is 84.8 Å². The summed E-state index contributed by atoms with van der Waals surface area (Å²) in [4.78, 5) is 30.7. The number of hydrogen-bond acceptors (Lipinski definition) is 3. The molecular weight excluding hydrogens is 436 g/mol. The maximum atomic E-state index is 14.1. The van der Waals surface area contributed by atoms with Gasteiger partial charge in [-0.1, -0.05) is 75.7 Å². The summed E-state index contributed by atoms with van der Waals surface area (Å²) in [7, 11) is 0. The van der Waals surface area contributed by atoms with Crippen molar-refractivity contribution < 1.29 is 14.3 Å². The van der Waals surface area contributed by atoms with Gasteiger partial charge >= 0.3 is 6.09 Å². The molecule has 35 heavy (non-hydrogen) atoms. The molecule has 1 atom stereocenters. The molecule has 0 saturated carbocycles. The first-order chi connectivity index (χ1) is 16.8. The number of benzene rings is 2. The van der Waals surface area contributed by atoms with Crippen LogP contribution in [0.15, 0.2) is 48.5 Å². The lowest BCUT2D eigenvalue weighted by atomic mass is 9.86. The number of hydrogen-bond donors (Lipinski definition) is 0. The van der Waals surface area contributed by atoms with Crippen LogP contribution in [0.25, 0.3) is 0 Å². The van der Waals surface area contributed by atoms with E-state index in [1.165, 1.54) is 11.1 Å². The van der Waals surface area contributed by atoms with E-state index in [4.69, 9.17) is 4.74 Å². The van der Waals surface area contributed by atoms with Crippen LogP contribution >= 0.6 is 0 Å². The summed E-state index contributed by atoms with van der Waals surface area (Å²) in [5.41, 5.74) is 4.21. The lowest BCUT2D eigenvalue weighted by molar-refractivity contribution is -0.135. The minimum absolute atomic E-state index is 0.0289. The first-order valence-electron chi connectivity index (χ1n) is 13.2. The summed E-state index contributed by atoms with van der Waals surface area (Å²) in [5, 5.41) is 0. The summed E-state index contributed by atoms with van der Waals surface area (Å²) in [6.07, 6.45) is 3.41. The molecule has 1 fully saturated rings. The Morgan fingerprint density at radius 2 is 1.46 bits per heavy atom. The number of piperazine rings is 1. The fraction of sp³-hybridized carbons (Fsp3) is 0.533. The molecule has 190 valence electrons. The van der Waals surface area contributed by atoms with Crippen LogP contribution in [0.3, 0.4) is 0 Å². The second-order valence-corrected chi connectivity index (χ2v) is 10.2. The van der Waals surface area contributed by atoms with Gasteiger partial charge in [-0.05, 0) is 62.3 Å². The molecule has 0 radical (unpaired) electrons. The molecule has 1 aliphatic heterocycles. The SMILES string of the molecule is CC.CCC[C@H]1CN(C(=O)C2c3ccccc3CCc3ccccc32)CCN1C(=O)OC(C)(C)C. The standard InChI is InChI=1S/C28H36N2O3.C2H6/c1-5-10-22-19-29(17-18-30(22)27(32)33-28(2,3)4)26(31)25-23-13-8-6-11-20(23)15-16-21-12-7-9-14-24(21)25;1-2/h6-9,11-14,22,25H,5,10,15-19H2,1-4H3;1-2H3/t22-;/m0./s1. The van der Waals surface area contributed by atoms with Crippen molar-refractivity contribution in [2.75, 3.05) is 19.6 Å². The third-order valence-electron chi connectivity index (χ3n) is 6.69. The van der Waals surface area contributed by atoms with Crippen molar-refractivity contribution in [3.8, 4) is 0 Å². The Bertz CT molecular complexity index is 963. The number of aryl methyl sites for hydroxylation is 2. The molecule has 1 heterocycles. The highest BCUT2D eigenvalue weighted by atomic mass is 16.6. The van der Waals surface area contributed by atoms with E-state index in [-0.39, 0.29) is 24.0 Å². The number of rotatable bonds is 3. The largest absolute Gasteiger partial charge is 0.444 e. The molecule has 0 unspecified atom stereocenters. The van der Waals surface area contributed by atoms with Crippen LogP contribution in [0, 0.1) is 0 Å². The Balaban J connectivity index is 0.00000167. The molecule has 0 aromatic heterocycles. The van der Waals surface area contributed by atoms with E-state index < -0.39 is 5.60 Å². The van der Waals surface area contributed by atoms with Crippen molar-refractivity contribution in [1.29, 1.82) is 0 Å². The topological polar surface area (TPSA) is 49.9 Å². The predicted octanol–water partition coefficient (Wildman–Crippen LogP) is 6.19. The fourth-order valence-electron chi connectivity index (χ4n) is 5.17. The van der Waals surface area contributed by atoms with Gasteiger partial charge in [0.15, 0.2) is 0 Å². The predicted molar refractivity (Wildman–Crippen MR) is 142 cm³/mol. The molecule has 2 aromatic rings. The molecule has 4 rings (SSSR count). The third-order valence-corrected chi connectivity index (χ3v) is 6.69. The summed E-state index contributed by atoms with van der Waals surface area (Å²) in [6.45, 7) is 13.4. The van der Waals surface area contributed by atoms with Crippen LogP contribution < -0.4 is 0 Å². The van der Waals surface area contributed by atoms with Crippen LogP contribution in [0.5, 0.6) is 0 Å². The molecule has 1 aliphatic carbocycles. The molecule has 1 saturated heterocycles. The van der Waals surface area contributed by atoms with Gasteiger partial charge in [-0.15, -0.1) is 0 Å². The molecule has 0 bridgehead atoms. The Labute approximate surface area is 211 Å². The number of amides is 2. The highest BCUT2D eigenvalue weighted by molar-refractivity contribution is 5.88. The highest BCUT2D eigenvalue weighted by Gasteiger charge is 2.38. The zero-order valence-corrected chi connectivity index (χ0v) is 22.3. The Kier molecular flexibility index (Phi) is 8.98. The van der Waals surface area contributed by atoms with E-state index in [0.717, 1.165) is 36.8 Å². The summed E-state index contributed by atoms with van der Waals surface area (Å²) in [6, 6.07) is 16.7. The quantitative estimate of drug-likeness (QED) is 0.528. The summed E-state index contributed by atoms with van der Waals surface area (Å²) in [5.74, 6) is -0.156. The van der Waals surface area contributed by atoms with Gasteiger partial charge in [-0.3, -0.25) is 4.79 Å². The summed E-state index contributed by atoms with van der Waals surface area (Å²) >= 11 is 0. The normalized spacial score (nSPS) is 17.9. The lowest BCUT2D eigenvalue weighted by Crippen LogP contribution is -2.58. The molecule has 0 N–H and O–H groups in total. The van der Waals surface area contributed by atoms with Gasteiger partial charge in [0.1, 0.15) is 5.60 Å². The number of carbonyl (C=O) groups is 2. The Morgan fingerprint density at radius 3 is 1.97 bits per heavy atom. The zero-order valence-electron chi connectivity index (χ0n) is 22.3. The average Bonchev–Trinajstić information content (AvgIpc) is 3.01. The Hall–Kier alpha value is -2.82. The second kappa shape index (κ2) is 11.7. The van der Waals surface area contributed by atoms with E-state index in [1.54, 1.807) is 0 Å². The van der Waals surface area contributed by atoms with Gasteiger partial charge < -0.3 is 14.5 Å². The van der Waals surface area contributed by atoms with Crippen molar-refractivity contribution in [3.63, 3.8) is 0 Å². The van der Waals surface area contributed by atoms with Crippen molar-refractivity contribution >= 4 is 12.0 Å². The first kappa shape index (κ1) is 26.8. The molecule has 2 aliphatic rings. The highest BCUT2D eigenvalue weighted by Crippen LogP contribution is 2.36. The maximum Gasteiger partial charge on any atom is 0.410 e. The van der Waals surface area contributed by atoms with Crippen LogP contribution in [0.2, 0.25) is 0 Å². The van der Waals surface area contributed by atoms with Crippen molar-refractivity contribution in [3.05, 3.63) is 70.8 Å². The fourth-order valence-corrected chi connectivity index (χ4v) is 5.17. The van der Waals surface area contributed by atoms with Gasteiger partial charge in [0.2, 0.25) is 5.91 Å². The Morgan fingerprint density at radius 1 is 0.914 bits per heavy atom. The monoisotopic (exact) mass is 478 g/mol. The second-order valence-electron chi connectivity index (χ2n) is 10.2. The summed E-state index contributed by atoms with van der Waals surface area (Å²) < 4.78 is 5.66. The van der Waals surface area contributed by atoms with Crippen LogP contribution in [0.4, 0.5) is 4.79 Å². The number of carbonyl (C=O) groups excluding carboxylic acids is 2.